The number of halogens is 1. The molecule has 1 fully saturated rings. The first-order valence-electron chi connectivity index (χ1n) is 4.65. The van der Waals surface area contributed by atoms with Crippen LogP contribution in [0.15, 0.2) is 24.3 Å². The molecule has 0 bridgehead atoms. The maximum Gasteiger partial charge on any atom is 0.168 e. The zero-order valence-corrected chi connectivity index (χ0v) is 8.42. The minimum atomic E-state index is -1.26. The van der Waals surface area contributed by atoms with Gasteiger partial charge in [0.05, 0.1) is 0 Å². The molecule has 74 valence electrons. The van der Waals surface area contributed by atoms with Gasteiger partial charge in [-0.05, 0) is 30.5 Å². The quantitative estimate of drug-likeness (QED) is 0.772. The number of rotatable bonds is 1. The van der Waals surface area contributed by atoms with Gasteiger partial charge in [0, 0.05) is 11.4 Å². The molecule has 1 N–H and O–H groups in total. The number of ketones is 1. The predicted octanol–water partition coefficient (Wildman–Crippen LogP) is 2.28. The van der Waals surface area contributed by atoms with E-state index in [-0.39, 0.29) is 5.78 Å². The van der Waals surface area contributed by atoms with Crippen molar-refractivity contribution in [2.45, 2.75) is 24.9 Å². The lowest BCUT2D eigenvalue weighted by molar-refractivity contribution is -0.134. The summed E-state index contributed by atoms with van der Waals surface area (Å²) in [4.78, 5) is 11.5. The third kappa shape index (κ3) is 1.45. The summed E-state index contributed by atoms with van der Waals surface area (Å²) < 4.78 is 0. The van der Waals surface area contributed by atoms with E-state index in [0.717, 1.165) is 6.42 Å². The van der Waals surface area contributed by atoms with Crippen LogP contribution in [0.1, 0.15) is 24.8 Å². The van der Waals surface area contributed by atoms with Crippen molar-refractivity contribution in [1.82, 2.24) is 0 Å². The van der Waals surface area contributed by atoms with Crippen molar-refractivity contribution >= 4 is 17.4 Å². The van der Waals surface area contributed by atoms with Crippen LogP contribution in [0, 0.1) is 0 Å². The molecule has 0 heterocycles. The maximum absolute atomic E-state index is 11.5. The molecule has 0 saturated heterocycles. The Labute approximate surface area is 87.5 Å². The van der Waals surface area contributed by atoms with Crippen LogP contribution in [-0.4, -0.2) is 10.9 Å². The average molecular weight is 211 g/mol. The SMILES string of the molecule is O=C1CCCC1(O)c1ccc(Cl)cc1. The van der Waals surface area contributed by atoms with Crippen molar-refractivity contribution in [1.29, 1.82) is 0 Å². The predicted molar refractivity (Wildman–Crippen MR) is 54.2 cm³/mol. The van der Waals surface area contributed by atoms with Crippen LogP contribution < -0.4 is 0 Å². The van der Waals surface area contributed by atoms with Crippen molar-refractivity contribution < 1.29 is 9.90 Å². The van der Waals surface area contributed by atoms with E-state index in [1.165, 1.54) is 0 Å². The first-order chi connectivity index (χ1) is 6.63. The summed E-state index contributed by atoms with van der Waals surface area (Å²) in [5.74, 6) is -0.0835. The van der Waals surface area contributed by atoms with Crippen molar-refractivity contribution in [3.05, 3.63) is 34.9 Å². The Bertz CT molecular complexity index is 358. The highest BCUT2D eigenvalue weighted by Crippen LogP contribution is 2.35. The Morgan fingerprint density at radius 3 is 2.43 bits per heavy atom. The van der Waals surface area contributed by atoms with Gasteiger partial charge in [-0.3, -0.25) is 4.79 Å². The van der Waals surface area contributed by atoms with E-state index < -0.39 is 5.60 Å². The average Bonchev–Trinajstić information content (AvgIpc) is 2.49. The van der Waals surface area contributed by atoms with Gasteiger partial charge < -0.3 is 5.11 Å². The molecule has 0 aliphatic heterocycles. The Morgan fingerprint density at radius 1 is 1.29 bits per heavy atom. The molecule has 0 amide bonds. The molecule has 2 rings (SSSR count). The van der Waals surface area contributed by atoms with E-state index in [9.17, 15) is 9.90 Å². The van der Waals surface area contributed by atoms with Gasteiger partial charge in [0.1, 0.15) is 5.60 Å². The van der Waals surface area contributed by atoms with Crippen LogP contribution in [0.5, 0.6) is 0 Å². The topological polar surface area (TPSA) is 37.3 Å². The summed E-state index contributed by atoms with van der Waals surface area (Å²) in [5, 5.41) is 10.7. The zero-order valence-electron chi connectivity index (χ0n) is 7.66. The zero-order chi connectivity index (χ0) is 10.2. The van der Waals surface area contributed by atoms with Gasteiger partial charge in [-0.25, -0.2) is 0 Å². The highest BCUT2D eigenvalue weighted by molar-refractivity contribution is 6.30. The summed E-state index contributed by atoms with van der Waals surface area (Å²) in [7, 11) is 0. The monoisotopic (exact) mass is 210 g/mol. The maximum atomic E-state index is 11.5. The van der Waals surface area contributed by atoms with Gasteiger partial charge in [0.25, 0.3) is 0 Å². The summed E-state index contributed by atoms with van der Waals surface area (Å²) in [5.41, 5.74) is -0.602. The van der Waals surface area contributed by atoms with E-state index in [0.29, 0.717) is 23.4 Å². The lowest BCUT2D eigenvalue weighted by Crippen LogP contribution is -2.30. The summed E-state index contributed by atoms with van der Waals surface area (Å²) >= 11 is 5.73. The van der Waals surface area contributed by atoms with Crippen LogP contribution >= 0.6 is 11.6 Å². The smallest absolute Gasteiger partial charge is 0.168 e. The number of Topliss-reactive ketones (excluding diaryl/α,β-unsaturated/α-hetero) is 1. The van der Waals surface area contributed by atoms with Crippen molar-refractivity contribution in [3.8, 4) is 0 Å². The van der Waals surface area contributed by atoms with Crippen LogP contribution in [-0.2, 0) is 10.4 Å². The van der Waals surface area contributed by atoms with Gasteiger partial charge in [-0.15, -0.1) is 0 Å². The highest BCUT2D eigenvalue weighted by Gasteiger charge is 2.41. The largest absolute Gasteiger partial charge is 0.377 e. The van der Waals surface area contributed by atoms with E-state index in [1.54, 1.807) is 24.3 Å². The second-order valence-corrected chi connectivity index (χ2v) is 4.08. The van der Waals surface area contributed by atoms with E-state index >= 15 is 0 Å². The molecule has 3 heteroatoms. The molecule has 1 atom stereocenters. The number of hydrogen-bond acceptors (Lipinski definition) is 2. The Balaban J connectivity index is 2.38. The lowest BCUT2D eigenvalue weighted by atomic mass is 9.91. The number of carbonyl (C=O) groups excluding carboxylic acids is 1. The molecule has 1 aromatic rings. The Morgan fingerprint density at radius 2 is 1.93 bits per heavy atom. The molecule has 0 spiro atoms. The number of benzene rings is 1. The Hall–Kier alpha value is -0.860. The van der Waals surface area contributed by atoms with Gasteiger partial charge in [0.15, 0.2) is 5.78 Å². The third-order valence-corrected chi connectivity index (χ3v) is 2.98. The van der Waals surface area contributed by atoms with E-state index in [2.05, 4.69) is 0 Å². The first-order valence-corrected chi connectivity index (χ1v) is 5.02. The van der Waals surface area contributed by atoms with Gasteiger partial charge in [-0.2, -0.15) is 0 Å². The number of carbonyl (C=O) groups is 1. The molecular formula is C11H11ClO2. The van der Waals surface area contributed by atoms with E-state index in [1.807, 2.05) is 0 Å². The van der Waals surface area contributed by atoms with Crippen LogP contribution in [0.4, 0.5) is 0 Å². The standard InChI is InChI=1S/C11H11ClO2/c12-9-5-3-8(4-6-9)11(14)7-1-2-10(11)13/h3-6,14H,1-2,7H2. The fraction of sp³-hybridized carbons (Fsp3) is 0.364. The summed E-state index contributed by atoms with van der Waals surface area (Å²) in [6.07, 6.45) is 1.75. The van der Waals surface area contributed by atoms with Crippen LogP contribution in [0.3, 0.4) is 0 Å². The van der Waals surface area contributed by atoms with Crippen molar-refractivity contribution in [3.63, 3.8) is 0 Å². The van der Waals surface area contributed by atoms with Crippen molar-refractivity contribution in [2.24, 2.45) is 0 Å². The molecule has 1 aliphatic rings. The molecule has 1 unspecified atom stereocenters. The summed E-state index contributed by atoms with van der Waals surface area (Å²) in [6, 6.07) is 6.82. The van der Waals surface area contributed by atoms with Gasteiger partial charge in [-0.1, -0.05) is 23.7 Å². The first kappa shape index (κ1) is 9.69. The summed E-state index contributed by atoms with van der Waals surface area (Å²) in [6.45, 7) is 0. The molecular weight excluding hydrogens is 200 g/mol. The fourth-order valence-corrected chi connectivity index (χ4v) is 2.01. The molecule has 1 saturated carbocycles. The van der Waals surface area contributed by atoms with Crippen molar-refractivity contribution in [2.75, 3.05) is 0 Å². The van der Waals surface area contributed by atoms with E-state index in [4.69, 9.17) is 11.6 Å². The third-order valence-electron chi connectivity index (χ3n) is 2.73. The molecule has 0 radical (unpaired) electrons. The van der Waals surface area contributed by atoms with Crippen LogP contribution in [0.2, 0.25) is 5.02 Å². The second kappa shape index (κ2) is 3.37. The van der Waals surface area contributed by atoms with Gasteiger partial charge in [0.2, 0.25) is 0 Å². The molecule has 14 heavy (non-hydrogen) atoms. The molecule has 0 aromatic heterocycles. The second-order valence-electron chi connectivity index (χ2n) is 3.64. The van der Waals surface area contributed by atoms with Crippen LogP contribution in [0.25, 0.3) is 0 Å². The Kier molecular flexibility index (Phi) is 2.33. The minimum absolute atomic E-state index is 0.0835. The molecule has 1 aliphatic carbocycles. The molecule has 1 aromatic carbocycles. The van der Waals surface area contributed by atoms with Gasteiger partial charge >= 0.3 is 0 Å². The number of aliphatic hydroxyl groups is 1. The number of hydrogen-bond donors (Lipinski definition) is 1. The fourth-order valence-electron chi connectivity index (χ4n) is 1.88. The normalized spacial score (nSPS) is 26.9. The minimum Gasteiger partial charge on any atom is -0.377 e. The highest BCUT2D eigenvalue weighted by atomic mass is 35.5. The lowest BCUT2D eigenvalue weighted by Gasteiger charge is -2.20. The molecule has 2 nitrogen and oxygen atoms in total.